The van der Waals surface area contributed by atoms with E-state index in [0.717, 1.165) is 22.4 Å². The second-order valence-electron chi connectivity index (χ2n) is 7.46. The quantitative estimate of drug-likeness (QED) is 0.324. The Kier molecular flexibility index (Phi) is 8.26. The van der Waals surface area contributed by atoms with Gasteiger partial charge in [0, 0.05) is 38.8 Å². The van der Waals surface area contributed by atoms with Crippen molar-refractivity contribution in [3.8, 4) is 16.9 Å². The Morgan fingerprint density at radius 2 is 1.59 bits per heavy atom. The number of aliphatic imine (C=N–C) groups is 1. The number of nitrogens with one attached hydrogen (secondary N) is 2. The van der Waals surface area contributed by atoms with Crippen LogP contribution in [0.3, 0.4) is 0 Å². The maximum atomic E-state index is 12.0. The van der Waals surface area contributed by atoms with Crippen molar-refractivity contribution >= 4 is 11.9 Å². The van der Waals surface area contributed by atoms with Crippen LogP contribution in [-0.4, -0.2) is 51.1 Å². The number of carbonyl (C=O) groups excluding carboxylic acids is 1. The molecule has 0 saturated carbocycles. The van der Waals surface area contributed by atoms with Gasteiger partial charge in [0.1, 0.15) is 12.4 Å². The van der Waals surface area contributed by atoms with Gasteiger partial charge in [-0.25, -0.2) is 0 Å². The van der Waals surface area contributed by atoms with E-state index < -0.39 is 0 Å². The van der Waals surface area contributed by atoms with Gasteiger partial charge >= 0.3 is 0 Å². The zero-order valence-electron chi connectivity index (χ0n) is 18.8. The van der Waals surface area contributed by atoms with E-state index in [1.807, 2.05) is 60.7 Å². The highest BCUT2D eigenvalue weighted by molar-refractivity contribution is 5.93. The van der Waals surface area contributed by atoms with Gasteiger partial charge in [0.25, 0.3) is 5.91 Å². The van der Waals surface area contributed by atoms with Crippen LogP contribution in [0.5, 0.6) is 5.75 Å². The predicted molar refractivity (Wildman–Crippen MR) is 130 cm³/mol. The topological polar surface area (TPSA) is 66.0 Å². The van der Waals surface area contributed by atoms with E-state index in [9.17, 15) is 4.79 Å². The second kappa shape index (κ2) is 11.6. The summed E-state index contributed by atoms with van der Waals surface area (Å²) in [5.41, 5.74) is 3.95. The van der Waals surface area contributed by atoms with Crippen LogP contribution in [0.15, 0.2) is 83.9 Å². The van der Waals surface area contributed by atoms with Gasteiger partial charge in [-0.1, -0.05) is 60.7 Å². The summed E-state index contributed by atoms with van der Waals surface area (Å²) >= 11 is 0. The zero-order valence-corrected chi connectivity index (χ0v) is 18.8. The molecule has 0 spiro atoms. The molecule has 0 aliphatic heterocycles. The molecule has 32 heavy (non-hydrogen) atoms. The second-order valence-corrected chi connectivity index (χ2v) is 7.46. The highest BCUT2D eigenvalue weighted by Crippen LogP contribution is 2.29. The summed E-state index contributed by atoms with van der Waals surface area (Å²) in [4.78, 5) is 17.8. The molecule has 3 aromatic carbocycles. The molecule has 3 rings (SSSR count). The van der Waals surface area contributed by atoms with E-state index in [1.165, 1.54) is 0 Å². The molecule has 0 aliphatic carbocycles. The van der Waals surface area contributed by atoms with Crippen LogP contribution in [0.4, 0.5) is 0 Å². The van der Waals surface area contributed by atoms with Gasteiger partial charge in [-0.05, 0) is 29.3 Å². The van der Waals surface area contributed by atoms with Gasteiger partial charge in [0.05, 0.1) is 6.54 Å². The molecular weight excluding hydrogens is 400 g/mol. The van der Waals surface area contributed by atoms with Crippen molar-refractivity contribution in [2.75, 3.05) is 34.3 Å². The van der Waals surface area contributed by atoms with Crippen LogP contribution < -0.4 is 15.4 Å². The molecule has 0 bridgehead atoms. The normalized spacial score (nSPS) is 11.0. The van der Waals surface area contributed by atoms with Crippen LogP contribution in [0.25, 0.3) is 11.1 Å². The lowest BCUT2D eigenvalue weighted by Crippen LogP contribution is -2.38. The van der Waals surface area contributed by atoms with Crippen LogP contribution in [-0.2, 0) is 6.54 Å². The van der Waals surface area contributed by atoms with E-state index in [1.54, 1.807) is 26.0 Å². The molecule has 3 aromatic rings. The molecule has 0 atom stereocenters. The Morgan fingerprint density at radius 3 is 2.28 bits per heavy atom. The van der Waals surface area contributed by atoms with Gasteiger partial charge in [0.15, 0.2) is 5.96 Å². The van der Waals surface area contributed by atoms with Gasteiger partial charge < -0.3 is 20.3 Å². The molecule has 166 valence electrons. The lowest BCUT2D eigenvalue weighted by atomic mass is 10.1. The third kappa shape index (κ3) is 6.35. The van der Waals surface area contributed by atoms with Gasteiger partial charge in [-0.15, -0.1) is 0 Å². The van der Waals surface area contributed by atoms with Gasteiger partial charge in [-0.2, -0.15) is 0 Å². The third-order valence-electron chi connectivity index (χ3n) is 4.91. The summed E-state index contributed by atoms with van der Waals surface area (Å²) in [5.74, 6) is 1.55. The van der Waals surface area contributed by atoms with Crippen molar-refractivity contribution in [3.05, 3.63) is 90.0 Å². The van der Waals surface area contributed by atoms with E-state index in [0.29, 0.717) is 31.2 Å². The van der Waals surface area contributed by atoms with E-state index in [2.05, 4.69) is 33.8 Å². The first-order valence-electron chi connectivity index (χ1n) is 10.6. The summed E-state index contributed by atoms with van der Waals surface area (Å²) in [7, 11) is 5.23. The number of para-hydroxylation sites is 1. The average molecular weight is 431 g/mol. The molecule has 0 aliphatic rings. The fourth-order valence-electron chi connectivity index (χ4n) is 3.21. The van der Waals surface area contributed by atoms with Crippen LogP contribution in [0.1, 0.15) is 15.9 Å². The summed E-state index contributed by atoms with van der Waals surface area (Å²) in [5, 5.41) is 6.55. The summed E-state index contributed by atoms with van der Waals surface area (Å²) < 4.78 is 6.02. The maximum absolute atomic E-state index is 12.0. The molecule has 0 heterocycles. The van der Waals surface area contributed by atoms with E-state index >= 15 is 0 Å². The fourth-order valence-corrected chi connectivity index (χ4v) is 3.21. The minimum Gasteiger partial charge on any atom is -0.491 e. The number of hydrogen-bond donors (Lipinski definition) is 2. The van der Waals surface area contributed by atoms with Crippen LogP contribution >= 0.6 is 0 Å². The van der Waals surface area contributed by atoms with Crippen LogP contribution in [0, 0.1) is 0 Å². The molecule has 0 radical (unpaired) electrons. The first-order valence-corrected chi connectivity index (χ1v) is 10.6. The Balaban J connectivity index is 1.46. The monoisotopic (exact) mass is 430 g/mol. The van der Waals surface area contributed by atoms with Gasteiger partial charge in [-0.3, -0.25) is 9.79 Å². The highest BCUT2D eigenvalue weighted by Gasteiger charge is 2.08. The summed E-state index contributed by atoms with van der Waals surface area (Å²) in [6.07, 6.45) is 0. The molecular formula is C26H30N4O2. The molecule has 6 heteroatoms. The SMILES string of the molecule is CN=C(NCCOc1ccccc1-c1ccccc1)NCc1ccc(C(=O)N(C)C)cc1. The fraction of sp³-hybridized carbons (Fsp3) is 0.231. The zero-order chi connectivity index (χ0) is 22.8. The van der Waals surface area contributed by atoms with E-state index in [-0.39, 0.29) is 5.91 Å². The largest absolute Gasteiger partial charge is 0.491 e. The predicted octanol–water partition coefficient (Wildman–Crippen LogP) is 3.80. The number of nitrogens with zero attached hydrogens (tertiary/aromatic N) is 2. The molecule has 2 N–H and O–H groups in total. The molecule has 0 saturated heterocycles. The van der Waals surface area contributed by atoms with Crippen molar-refractivity contribution < 1.29 is 9.53 Å². The summed E-state index contributed by atoms with van der Waals surface area (Å²) in [6, 6.07) is 25.8. The first kappa shape index (κ1) is 22.9. The summed E-state index contributed by atoms with van der Waals surface area (Å²) in [6.45, 7) is 1.72. The minimum atomic E-state index is -0.00387. The van der Waals surface area contributed by atoms with Crippen LogP contribution in [0.2, 0.25) is 0 Å². The van der Waals surface area contributed by atoms with E-state index in [4.69, 9.17) is 4.74 Å². The molecule has 1 amide bonds. The number of amides is 1. The molecule has 0 aromatic heterocycles. The number of guanidine groups is 1. The number of benzene rings is 3. The molecule has 0 fully saturated rings. The standard InChI is InChI=1S/C26H30N4O2/c1-27-26(29-19-20-13-15-22(16-14-20)25(31)30(2)3)28-17-18-32-24-12-8-7-11-23(24)21-9-5-4-6-10-21/h4-16H,17-19H2,1-3H3,(H2,27,28,29). The van der Waals surface area contributed by atoms with Crippen molar-refractivity contribution in [1.29, 1.82) is 0 Å². The van der Waals surface area contributed by atoms with Crippen molar-refractivity contribution in [2.45, 2.75) is 6.54 Å². The highest BCUT2D eigenvalue weighted by atomic mass is 16.5. The molecule has 6 nitrogen and oxygen atoms in total. The number of rotatable bonds is 8. The number of hydrogen-bond acceptors (Lipinski definition) is 3. The minimum absolute atomic E-state index is 0.00387. The van der Waals surface area contributed by atoms with Gasteiger partial charge in [0.2, 0.25) is 0 Å². The average Bonchev–Trinajstić information content (AvgIpc) is 2.84. The molecule has 0 unspecified atom stereocenters. The van der Waals surface area contributed by atoms with Crippen molar-refractivity contribution in [2.24, 2.45) is 4.99 Å². The first-order chi connectivity index (χ1) is 15.6. The number of carbonyl (C=O) groups is 1. The third-order valence-corrected chi connectivity index (χ3v) is 4.91. The smallest absolute Gasteiger partial charge is 0.253 e. The van der Waals surface area contributed by atoms with Crippen molar-refractivity contribution in [1.82, 2.24) is 15.5 Å². The van der Waals surface area contributed by atoms with Crippen molar-refractivity contribution in [3.63, 3.8) is 0 Å². The lowest BCUT2D eigenvalue weighted by molar-refractivity contribution is 0.0827. The Morgan fingerprint density at radius 1 is 0.906 bits per heavy atom. The Hall–Kier alpha value is -3.80. The lowest BCUT2D eigenvalue weighted by Gasteiger charge is -2.15. The Bertz CT molecular complexity index is 1030. The Labute approximate surface area is 189 Å². The maximum Gasteiger partial charge on any atom is 0.253 e. The number of ether oxygens (including phenoxy) is 1.